The Kier molecular flexibility index (Phi) is 5.85. The van der Waals surface area contributed by atoms with E-state index >= 15 is 0 Å². The first-order chi connectivity index (χ1) is 11.9. The summed E-state index contributed by atoms with van der Waals surface area (Å²) >= 11 is 0. The first-order valence-electron chi connectivity index (χ1n) is 7.86. The van der Waals surface area contributed by atoms with Gasteiger partial charge in [0.25, 0.3) is 5.91 Å². The molecule has 1 unspecified atom stereocenters. The number of nitrogens with zero attached hydrogens (tertiary/aromatic N) is 3. The summed E-state index contributed by atoms with van der Waals surface area (Å²) in [7, 11) is 3.30. The number of pyridine rings is 1. The Hall–Kier alpha value is -3.20. The molecule has 6 nitrogen and oxygen atoms in total. The first kappa shape index (κ1) is 18.1. The number of nitriles is 1. The lowest BCUT2D eigenvalue weighted by Gasteiger charge is -2.22. The summed E-state index contributed by atoms with van der Waals surface area (Å²) < 4.78 is 0. The third-order valence-electron chi connectivity index (χ3n) is 3.77. The van der Waals surface area contributed by atoms with Crippen molar-refractivity contribution in [2.24, 2.45) is 0 Å². The Morgan fingerprint density at radius 3 is 2.44 bits per heavy atom. The van der Waals surface area contributed by atoms with Gasteiger partial charge in [-0.05, 0) is 24.6 Å². The molecule has 1 N–H and O–H groups in total. The van der Waals surface area contributed by atoms with Crippen LogP contribution in [0.5, 0.6) is 0 Å². The van der Waals surface area contributed by atoms with Crippen LogP contribution in [0, 0.1) is 18.3 Å². The monoisotopic (exact) mass is 336 g/mol. The molecule has 0 fully saturated rings. The number of hydrogen-bond donors (Lipinski definition) is 1. The molecule has 0 saturated heterocycles. The Morgan fingerprint density at radius 2 is 1.88 bits per heavy atom. The standard InChI is InChI=1S/C19H20N4O2/c1-13-15(12-20)9-10-16(21-13)18(24)22-17(19(25)23(2)3)11-14-7-5-4-6-8-14/h4-10,17H,11H2,1-3H3,(H,22,24). The molecule has 0 radical (unpaired) electrons. The van der Waals surface area contributed by atoms with E-state index in [4.69, 9.17) is 5.26 Å². The Morgan fingerprint density at radius 1 is 1.20 bits per heavy atom. The van der Waals surface area contributed by atoms with Gasteiger partial charge in [-0.25, -0.2) is 4.98 Å². The summed E-state index contributed by atoms with van der Waals surface area (Å²) in [6.45, 7) is 1.67. The molecule has 1 aromatic heterocycles. The van der Waals surface area contributed by atoms with Crippen molar-refractivity contribution in [3.05, 3.63) is 65.0 Å². The maximum atomic E-state index is 12.5. The Balaban J connectivity index is 2.21. The highest BCUT2D eigenvalue weighted by atomic mass is 16.2. The van der Waals surface area contributed by atoms with E-state index in [-0.39, 0.29) is 11.6 Å². The lowest BCUT2D eigenvalue weighted by atomic mass is 10.0. The van der Waals surface area contributed by atoms with E-state index in [9.17, 15) is 9.59 Å². The van der Waals surface area contributed by atoms with Crippen LogP contribution in [-0.4, -0.2) is 41.8 Å². The fourth-order valence-corrected chi connectivity index (χ4v) is 2.40. The van der Waals surface area contributed by atoms with Gasteiger partial charge in [0.15, 0.2) is 0 Å². The number of carbonyl (C=O) groups is 2. The maximum Gasteiger partial charge on any atom is 0.270 e. The van der Waals surface area contributed by atoms with Crippen molar-refractivity contribution in [2.45, 2.75) is 19.4 Å². The minimum absolute atomic E-state index is 0.182. The van der Waals surface area contributed by atoms with Gasteiger partial charge < -0.3 is 10.2 Å². The summed E-state index contributed by atoms with van der Waals surface area (Å²) in [6.07, 6.45) is 0.388. The number of aromatic nitrogens is 1. The molecular weight excluding hydrogens is 316 g/mol. The normalized spacial score (nSPS) is 11.3. The second-order valence-corrected chi connectivity index (χ2v) is 5.89. The van der Waals surface area contributed by atoms with Crippen LogP contribution in [0.3, 0.4) is 0 Å². The molecule has 0 spiro atoms. The number of benzene rings is 1. The molecule has 0 aliphatic heterocycles. The number of rotatable bonds is 5. The third kappa shape index (κ3) is 4.64. The zero-order valence-corrected chi connectivity index (χ0v) is 14.5. The van der Waals surface area contributed by atoms with E-state index < -0.39 is 11.9 Å². The highest BCUT2D eigenvalue weighted by molar-refractivity contribution is 5.96. The first-order valence-corrected chi connectivity index (χ1v) is 7.86. The second kappa shape index (κ2) is 8.06. The van der Waals surface area contributed by atoms with E-state index in [0.717, 1.165) is 5.56 Å². The van der Waals surface area contributed by atoms with Crippen LogP contribution in [0.2, 0.25) is 0 Å². The van der Waals surface area contributed by atoms with Crippen molar-refractivity contribution in [3.8, 4) is 6.07 Å². The van der Waals surface area contributed by atoms with Crippen LogP contribution in [0.4, 0.5) is 0 Å². The zero-order chi connectivity index (χ0) is 18.4. The van der Waals surface area contributed by atoms with Crippen molar-refractivity contribution in [3.63, 3.8) is 0 Å². The predicted octanol–water partition coefficient (Wildman–Crippen LogP) is 1.69. The molecule has 2 aromatic rings. The zero-order valence-electron chi connectivity index (χ0n) is 14.5. The third-order valence-corrected chi connectivity index (χ3v) is 3.77. The van der Waals surface area contributed by atoms with E-state index in [1.165, 1.54) is 11.0 Å². The highest BCUT2D eigenvalue weighted by Crippen LogP contribution is 2.08. The lowest BCUT2D eigenvalue weighted by Crippen LogP contribution is -2.47. The molecule has 2 rings (SSSR count). The van der Waals surface area contributed by atoms with E-state index in [2.05, 4.69) is 10.3 Å². The Labute approximate surface area is 147 Å². The van der Waals surface area contributed by atoms with E-state index in [1.54, 1.807) is 27.1 Å². The van der Waals surface area contributed by atoms with Gasteiger partial charge >= 0.3 is 0 Å². The summed E-state index contributed by atoms with van der Waals surface area (Å²) in [6, 6.07) is 13.9. The summed E-state index contributed by atoms with van der Waals surface area (Å²) in [5, 5.41) is 11.7. The van der Waals surface area contributed by atoms with Crippen LogP contribution in [0.15, 0.2) is 42.5 Å². The molecule has 0 aliphatic carbocycles. The number of likely N-dealkylation sites (N-methyl/N-ethyl adjacent to an activating group) is 1. The topological polar surface area (TPSA) is 86.1 Å². The molecule has 0 bridgehead atoms. The van der Waals surface area contributed by atoms with Crippen LogP contribution in [-0.2, 0) is 11.2 Å². The average molecular weight is 336 g/mol. The lowest BCUT2D eigenvalue weighted by molar-refractivity contribution is -0.130. The SMILES string of the molecule is Cc1nc(C(=O)NC(Cc2ccccc2)C(=O)N(C)C)ccc1C#N. The van der Waals surface area contributed by atoms with Crippen molar-refractivity contribution >= 4 is 11.8 Å². The number of hydrogen-bond acceptors (Lipinski definition) is 4. The van der Waals surface area contributed by atoms with Gasteiger partial charge in [-0.3, -0.25) is 9.59 Å². The summed E-state index contributed by atoms with van der Waals surface area (Å²) in [5.74, 6) is -0.633. The maximum absolute atomic E-state index is 12.5. The fraction of sp³-hybridized carbons (Fsp3) is 0.263. The number of aryl methyl sites for hydroxylation is 1. The van der Waals surface area contributed by atoms with Crippen molar-refractivity contribution in [1.29, 1.82) is 5.26 Å². The molecule has 25 heavy (non-hydrogen) atoms. The number of amides is 2. The van der Waals surface area contributed by atoms with Gasteiger partial charge in [0.2, 0.25) is 5.91 Å². The molecule has 6 heteroatoms. The Bertz CT molecular complexity index is 810. The molecular formula is C19H20N4O2. The fourth-order valence-electron chi connectivity index (χ4n) is 2.40. The van der Waals surface area contributed by atoms with Gasteiger partial charge in [-0.15, -0.1) is 0 Å². The van der Waals surface area contributed by atoms with Crippen molar-refractivity contribution in [1.82, 2.24) is 15.2 Å². The van der Waals surface area contributed by atoms with Gasteiger partial charge in [-0.1, -0.05) is 30.3 Å². The van der Waals surface area contributed by atoms with E-state index in [1.807, 2.05) is 36.4 Å². The van der Waals surface area contributed by atoms with Gasteiger partial charge in [0.1, 0.15) is 17.8 Å². The molecule has 1 aromatic carbocycles. The van der Waals surface area contributed by atoms with E-state index in [0.29, 0.717) is 17.7 Å². The predicted molar refractivity (Wildman–Crippen MR) is 93.8 cm³/mol. The molecule has 0 aliphatic rings. The summed E-state index contributed by atoms with van der Waals surface area (Å²) in [4.78, 5) is 30.5. The van der Waals surface area contributed by atoms with Gasteiger partial charge in [-0.2, -0.15) is 5.26 Å². The highest BCUT2D eigenvalue weighted by Gasteiger charge is 2.24. The van der Waals surface area contributed by atoms with Gasteiger partial charge in [0.05, 0.1) is 11.3 Å². The van der Waals surface area contributed by atoms with Crippen LogP contribution in [0.25, 0.3) is 0 Å². The number of nitrogens with one attached hydrogen (secondary N) is 1. The number of carbonyl (C=O) groups excluding carboxylic acids is 2. The van der Waals surface area contributed by atoms with Crippen LogP contribution < -0.4 is 5.32 Å². The average Bonchev–Trinajstić information content (AvgIpc) is 2.61. The molecule has 1 heterocycles. The van der Waals surface area contributed by atoms with Gasteiger partial charge in [0, 0.05) is 20.5 Å². The van der Waals surface area contributed by atoms with Crippen LogP contribution in [0.1, 0.15) is 27.3 Å². The minimum atomic E-state index is -0.692. The quantitative estimate of drug-likeness (QED) is 0.900. The van der Waals surface area contributed by atoms with Crippen LogP contribution >= 0.6 is 0 Å². The molecule has 0 saturated carbocycles. The summed E-state index contributed by atoms with van der Waals surface area (Å²) in [5.41, 5.74) is 2.03. The molecule has 2 amide bonds. The largest absolute Gasteiger partial charge is 0.347 e. The smallest absolute Gasteiger partial charge is 0.270 e. The molecule has 1 atom stereocenters. The van der Waals surface area contributed by atoms with Crippen molar-refractivity contribution in [2.75, 3.05) is 14.1 Å². The molecule has 128 valence electrons. The minimum Gasteiger partial charge on any atom is -0.347 e. The van der Waals surface area contributed by atoms with Crippen molar-refractivity contribution < 1.29 is 9.59 Å². The second-order valence-electron chi connectivity index (χ2n) is 5.89.